The van der Waals surface area contributed by atoms with Crippen molar-refractivity contribution in [2.75, 3.05) is 39.5 Å². The summed E-state index contributed by atoms with van der Waals surface area (Å²) in [5.41, 5.74) is 1.78. The molecule has 1 aromatic heterocycles. The second-order valence-corrected chi connectivity index (χ2v) is 7.91. The molecular formula is C20H32N4O4. The molecule has 1 aliphatic carbocycles. The Morgan fingerprint density at radius 1 is 1.18 bits per heavy atom. The van der Waals surface area contributed by atoms with Gasteiger partial charge in [0.25, 0.3) is 5.91 Å². The van der Waals surface area contributed by atoms with Crippen molar-refractivity contribution in [2.45, 2.75) is 51.5 Å². The summed E-state index contributed by atoms with van der Waals surface area (Å²) in [6.45, 7) is 7.20. The average Bonchev–Trinajstić information content (AvgIpc) is 2.97. The van der Waals surface area contributed by atoms with Crippen LogP contribution in [0.25, 0.3) is 0 Å². The number of hydrogen-bond acceptors (Lipinski definition) is 6. The number of aryl methyl sites for hydroxylation is 2. The molecule has 0 bridgehead atoms. The van der Waals surface area contributed by atoms with Crippen LogP contribution in [0.15, 0.2) is 0 Å². The van der Waals surface area contributed by atoms with Crippen molar-refractivity contribution >= 4 is 11.9 Å². The van der Waals surface area contributed by atoms with E-state index >= 15 is 0 Å². The SMILES string of the molecule is Cc1nn(C)c(C)c1C(=O)OCC(=O)NCC1(N2CCOCC2)CCCCC1. The lowest BCUT2D eigenvalue weighted by Gasteiger charge is -2.48. The number of esters is 1. The van der Waals surface area contributed by atoms with Gasteiger partial charge in [0.2, 0.25) is 0 Å². The first-order valence-corrected chi connectivity index (χ1v) is 10.2. The van der Waals surface area contributed by atoms with E-state index in [0.717, 1.165) is 44.8 Å². The van der Waals surface area contributed by atoms with Gasteiger partial charge >= 0.3 is 5.97 Å². The van der Waals surface area contributed by atoms with E-state index in [1.54, 1.807) is 18.7 Å². The smallest absolute Gasteiger partial charge is 0.342 e. The molecule has 8 heteroatoms. The van der Waals surface area contributed by atoms with Crippen LogP contribution >= 0.6 is 0 Å². The molecule has 1 amide bonds. The largest absolute Gasteiger partial charge is 0.452 e. The van der Waals surface area contributed by atoms with Gasteiger partial charge in [-0.2, -0.15) is 5.10 Å². The van der Waals surface area contributed by atoms with Crippen LogP contribution in [0.4, 0.5) is 0 Å². The summed E-state index contributed by atoms with van der Waals surface area (Å²) in [4.78, 5) is 27.2. The summed E-state index contributed by atoms with van der Waals surface area (Å²) >= 11 is 0. The molecule has 1 saturated heterocycles. The van der Waals surface area contributed by atoms with Gasteiger partial charge in [-0.15, -0.1) is 0 Å². The third kappa shape index (κ3) is 4.55. The number of nitrogens with one attached hydrogen (secondary N) is 1. The highest BCUT2D eigenvalue weighted by molar-refractivity contribution is 5.93. The molecule has 8 nitrogen and oxygen atoms in total. The summed E-state index contributed by atoms with van der Waals surface area (Å²) in [6.07, 6.45) is 5.79. The van der Waals surface area contributed by atoms with Gasteiger partial charge in [-0.05, 0) is 26.7 Å². The van der Waals surface area contributed by atoms with Crippen LogP contribution in [0.5, 0.6) is 0 Å². The van der Waals surface area contributed by atoms with Crippen LogP contribution in [0.1, 0.15) is 53.8 Å². The molecule has 0 atom stereocenters. The predicted octanol–water partition coefficient (Wildman–Crippen LogP) is 1.35. The standard InChI is InChI=1S/C20H32N4O4/c1-15-18(16(2)23(3)22-15)19(26)28-13-17(25)21-14-20(7-5-4-6-8-20)24-9-11-27-12-10-24/h4-14H2,1-3H3,(H,21,25). The van der Waals surface area contributed by atoms with Gasteiger partial charge in [-0.1, -0.05) is 19.3 Å². The number of carbonyl (C=O) groups excluding carboxylic acids is 2. The molecule has 1 N–H and O–H groups in total. The summed E-state index contributed by atoms with van der Waals surface area (Å²) in [5, 5.41) is 7.23. The van der Waals surface area contributed by atoms with Crippen molar-refractivity contribution in [3.63, 3.8) is 0 Å². The Balaban J connectivity index is 1.54. The maximum atomic E-state index is 12.4. The third-order valence-electron chi connectivity index (χ3n) is 6.13. The minimum Gasteiger partial charge on any atom is -0.452 e. The lowest BCUT2D eigenvalue weighted by Crippen LogP contribution is -2.59. The predicted molar refractivity (Wildman–Crippen MR) is 104 cm³/mol. The highest BCUT2D eigenvalue weighted by Gasteiger charge is 2.38. The Hall–Kier alpha value is -1.93. The van der Waals surface area contributed by atoms with E-state index in [4.69, 9.17) is 9.47 Å². The van der Waals surface area contributed by atoms with E-state index in [-0.39, 0.29) is 18.1 Å². The number of carbonyl (C=O) groups is 2. The first-order chi connectivity index (χ1) is 13.4. The van der Waals surface area contributed by atoms with E-state index in [1.165, 1.54) is 19.3 Å². The molecular weight excluding hydrogens is 360 g/mol. The lowest BCUT2D eigenvalue weighted by atomic mass is 9.79. The van der Waals surface area contributed by atoms with Crippen LogP contribution in [-0.4, -0.2) is 71.6 Å². The molecule has 28 heavy (non-hydrogen) atoms. The van der Waals surface area contributed by atoms with Gasteiger partial charge in [0, 0.05) is 37.9 Å². The highest BCUT2D eigenvalue weighted by Crippen LogP contribution is 2.33. The normalized spacial score (nSPS) is 20.0. The number of aromatic nitrogens is 2. The van der Waals surface area contributed by atoms with Crippen molar-refractivity contribution in [3.8, 4) is 0 Å². The highest BCUT2D eigenvalue weighted by atomic mass is 16.5. The Morgan fingerprint density at radius 3 is 2.46 bits per heavy atom. The van der Waals surface area contributed by atoms with Gasteiger partial charge in [0.1, 0.15) is 5.56 Å². The Morgan fingerprint density at radius 2 is 1.86 bits per heavy atom. The summed E-state index contributed by atoms with van der Waals surface area (Å²) in [5.74, 6) is -0.760. The van der Waals surface area contributed by atoms with Crippen LogP contribution in [-0.2, 0) is 21.3 Å². The van der Waals surface area contributed by atoms with E-state index in [9.17, 15) is 9.59 Å². The van der Waals surface area contributed by atoms with Crippen LogP contribution in [0, 0.1) is 13.8 Å². The number of hydrogen-bond donors (Lipinski definition) is 1. The molecule has 3 rings (SSSR count). The number of amides is 1. The first kappa shape index (κ1) is 20.8. The van der Waals surface area contributed by atoms with E-state index in [2.05, 4.69) is 15.3 Å². The number of morpholine rings is 1. The van der Waals surface area contributed by atoms with Crippen LogP contribution in [0.2, 0.25) is 0 Å². The number of ether oxygens (including phenoxy) is 2. The van der Waals surface area contributed by atoms with Gasteiger partial charge in [-0.3, -0.25) is 14.4 Å². The van der Waals surface area contributed by atoms with Crippen LogP contribution in [0.3, 0.4) is 0 Å². The zero-order valence-corrected chi connectivity index (χ0v) is 17.3. The second kappa shape index (κ2) is 9.05. The maximum absolute atomic E-state index is 12.4. The summed E-state index contributed by atoms with van der Waals surface area (Å²) < 4.78 is 12.4. The molecule has 156 valence electrons. The fraction of sp³-hybridized carbons (Fsp3) is 0.750. The molecule has 0 radical (unpaired) electrons. The Bertz CT molecular complexity index is 703. The van der Waals surface area contributed by atoms with Gasteiger partial charge < -0.3 is 14.8 Å². The molecule has 0 aromatic carbocycles. The van der Waals surface area contributed by atoms with E-state index in [0.29, 0.717) is 17.8 Å². The fourth-order valence-corrected chi connectivity index (χ4v) is 4.44. The molecule has 2 fully saturated rings. The first-order valence-electron chi connectivity index (χ1n) is 10.2. The Labute approximate surface area is 166 Å². The minimum absolute atomic E-state index is 0.00176. The lowest BCUT2D eigenvalue weighted by molar-refractivity contribution is -0.125. The number of rotatable bonds is 6. The molecule has 2 heterocycles. The maximum Gasteiger partial charge on any atom is 0.342 e. The molecule has 0 spiro atoms. The van der Waals surface area contributed by atoms with E-state index in [1.807, 2.05) is 6.92 Å². The van der Waals surface area contributed by atoms with Gasteiger partial charge in [-0.25, -0.2) is 4.79 Å². The molecule has 2 aliphatic rings. The van der Waals surface area contributed by atoms with Crippen molar-refractivity contribution in [3.05, 3.63) is 17.0 Å². The monoisotopic (exact) mass is 392 g/mol. The van der Waals surface area contributed by atoms with Gasteiger partial charge in [0.15, 0.2) is 6.61 Å². The third-order valence-corrected chi connectivity index (χ3v) is 6.13. The summed E-state index contributed by atoms with van der Waals surface area (Å²) in [6, 6.07) is 0. The zero-order chi connectivity index (χ0) is 20.1. The molecule has 1 saturated carbocycles. The summed E-state index contributed by atoms with van der Waals surface area (Å²) in [7, 11) is 1.78. The second-order valence-electron chi connectivity index (χ2n) is 7.91. The van der Waals surface area contributed by atoms with Crippen molar-refractivity contribution in [1.29, 1.82) is 0 Å². The Kier molecular flexibility index (Phi) is 6.72. The van der Waals surface area contributed by atoms with Crippen molar-refractivity contribution in [2.24, 2.45) is 7.05 Å². The van der Waals surface area contributed by atoms with Crippen molar-refractivity contribution in [1.82, 2.24) is 20.0 Å². The molecule has 1 aromatic rings. The van der Waals surface area contributed by atoms with Crippen molar-refractivity contribution < 1.29 is 19.1 Å². The number of nitrogens with zero attached hydrogens (tertiary/aromatic N) is 3. The van der Waals surface area contributed by atoms with Crippen LogP contribution < -0.4 is 5.32 Å². The quantitative estimate of drug-likeness (QED) is 0.736. The van der Waals surface area contributed by atoms with E-state index < -0.39 is 5.97 Å². The average molecular weight is 393 g/mol. The van der Waals surface area contributed by atoms with Gasteiger partial charge in [0.05, 0.1) is 18.9 Å². The molecule has 0 unspecified atom stereocenters. The topological polar surface area (TPSA) is 85.7 Å². The fourth-order valence-electron chi connectivity index (χ4n) is 4.44. The minimum atomic E-state index is -0.501. The molecule has 1 aliphatic heterocycles. The zero-order valence-electron chi connectivity index (χ0n) is 17.3.